The maximum atomic E-state index is 11.2. The van der Waals surface area contributed by atoms with Crippen LogP contribution in [0.5, 0.6) is 0 Å². The Labute approximate surface area is 84.4 Å². The Balaban J connectivity index is 2.51. The Morgan fingerprint density at radius 1 is 1.57 bits per heavy atom. The highest BCUT2D eigenvalue weighted by Gasteiger charge is 2.27. The molecule has 1 saturated heterocycles. The van der Waals surface area contributed by atoms with E-state index in [4.69, 9.17) is 0 Å². The van der Waals surface area contributed by atoms with E-state index in [1.165, 1.54) is 0 Å². The zero-order valence-corrected chi connectivity index (χ0v) is 8.75. The van der Waals surface area contributed by atoms with Gasteiger partial charge in [-0.2, -0.15) is 0 Å². The van der Waals surface area contributed by atoms with Crippen molar-refractivity contribution in [1.29, 1.82) is 0 Å². The largest absolute Gasteiger partial charge is 0.313 e. The molecule has 0 spiro atoms. The molecule has 0 saturated carbocycles. The molecule has 3 unspecified atom stereocenters. The number of nitrogens with one attached hydrogen (secondary N) is 2. The Morgan fingerprint density at radius 3 is 2.86 bits per heavy atom. The Bertz CT molecular complexity index is 218. The molecule has 4 heteroatoms. The number of piperazine rings is 1. The van der Waals surface area contributed by atoms with Crippen LogP contribution in [-0.4, -0.2) is 37.2 Å². The van der Waals surface area contributed by atoms with Crippen molar-refractivity contribution in [3.05, 3.63) is 0 Å². The van der Waals surface area contributed by atoms with Crippen molar-refractivity contribution in [2.24, 2.45) is 5.92 Å². The van der Waals surface area contributed by atoms with Crippen LogP contribution >= 0.6 is 0 Å². The molecule has 1 aliphatic rings. The third-order valence-corrected chi connectivity index (χ3v) is 2.92. The highest BCUT2D eigenvalue weighted by molar-refractivity contribution is 6.27. The molecule has 2 N–H and O–H groups in total. The van der Waals surface area contributed by atoms with Crippen LogP contribution in [0.2, 0.25) is 0 Å². The quantitative estimate of drug-likeness (QED) is 0.482. The van der Waals surface area contributed by atoms with Crippen LogP contribution in [-0.2, 0) is 9.59 Å². The van der Waals surface area contributed by atoms with Crippen LogP contribution in [0.1, 0.15) is 20.3 Å². The third kappa shape index (κ3) is 2.62. The molecule has 1 heterocycles. The average molecular weight is 198 g/mol. The fourth-order valence-corrected chi connectivity index (χ4v) is 1.67. The molecule has 0 amide bonds. The molecule has 0 radical (unpaired) electrons. The Kier molecular flexibility index (Phi) is 4.22. The minimum atomic E-state index is -0.356. The number of carbonyl (C=O) groups excluding carboxylic acids is 2. The zero-order valence-electron chi connectivity index (χ0n) is 8.75. The molecular weight excluding hydrogens is 180 g/mol. The van der Waals surface area contributed by atoms with Gasteiger partial charge in [0, 0.05) is 19.1 Å². The normalized spacial score (nSPS) is 29.6. The van der Waals surface area contributed by atoms with Gasteiger partial charge in [-0.1, -0.05) is 20.3 Å². The third-order valence-electron chi connectivity index (χ3n) is 2.92. The van der Waals surface area contributed by atoms with Gasteiger partial charge in [0.25, 0.3) is 0 Å². The molecule has 0 aromatic heterocycles. The summed E-state index contributed by atoms with van der Waals surface area (Å²) in [6.07, 6.45) is 1.47. The van der Waals surface area contributed by atoms with Gasteiger partial charge in [-0.15, -0.1) is 0 Å². The number of Topliss-reactive ketones (excluding diaryl/α,β-unsaturated/α-hetero) is 1. The first-order chi connectivity index (χ1) is 6.69. The summed E-state index contributed by atoms with van der Waals surface area (Å²) in [7, 11) is 0. The number of ketones is 1. The van der Waals surface area contributed by atoms with Crippen molar-refractivity contribution in [2.45, 2.75) is 32.4 Å². The fourth-order valence-electron chi connectivity index (χ4n) is 1.67. The van der Waals surface area contributed by atoms with E-state index in [0.717, 1.165) is 13.0 Å². The van der Waals surface area contributed by atoms with Crippen LogP contribution < -0.4 is 10.6 Å². The second-order valence-electron chi connectivity index (χ2n) is 3.89. The molecule has 1 rings (SSSR count). The molecule has 0 bridgehead atoms. The first-order valence-corrected chi connectivity index (χ1v) is 5.14. The zero-order chi connectivity index (χ0) is 10.6. The van der Waals surface area contributed by atoms with Crippen LogP contribution in [0.3, 0.4) is 0 Å². The minimum absolute atomic E-state index is 0.294. The summed E-state index contributed by atoms with van der Waals surface area (Å²) in [6, 6.07) is -0.0390. The monoisotopic (exact) mass is 198 g/mol. The van der Waals surface area contributed by atoms with Gasteiger partial charge in [-0.25, -0.2) is 0 Å². The number of hydrogen-bond acceptors (Lipinski definition) is 4. The van der Waals surface area contributed by atoms with Gasteiger partial charge in [0.1, 0.15) is 0 Å². The summed E-state index contributed by atoms with van der Waals surface area (Å²) < 4.78 is 0. The van der Waals surface area contributed by atoms with Gasteiger partial charge < -0.3 is 10.6 Å². The molecule has 1 aliphatic heterocycles. The molecule has 1 fully saturated rings. The summed E-state index contributed by atoms with van der Waals surface area (Å²) in [5.41, 5.74) is 0. The lowest BCUT2D eigenvalue weighted by molar-refractivity contribution is -0.131. The molecule has 14 heavy (non-hydrogen) atoms. The van der Waals surface area contributed by atoms with E-state index < -0.39 is 0 Å². The summed E-state index contributed by atoms with van der Waals surface area (Å²) in [6.45, 7) is 5.70. The maximum Gasteiger partial charge on any atom is 0.213 e. The minimum Gasteiger partial charge on any atom is -0.313 e. The highest BCUT2D eigenvalue weighted by Crippen LogP contribution is 2.10. The number of aldehydes is 1. The topological polar surface area (TPSA) is 58.2 Å². The van der Waals surface area contributed by atoms with Gasteiger partial charge in [0.15, 0.2) is 6.29 Å². The molecule has 0 aromatic carbocycles. The fraction of sp³-hybridized carbons (Fsp3) is 0.800. The van der Waals surface area contributed by atoms with Crippen molar-refractivity contribution in [3.63, 3.8) is 0 Å². The molecule has 0 aliphatic carbocycles. The summed E-state index contributed by atoms with van der Waals surface area (Å²) in [5.74, 6) is 0.162. The average Bonchev–Trinajstić information content (AvgIpc) is 2.27. The van der Waals surface area contributed by atoms with E-state index in [1.54, 1.807) is 0 Å². The number of rotatable bonds is 4. The SMILES string of the molecule is CCC(C)C1CNCC(C(=O)C=O)N1. The van der Waals surface area contributed by atoms with E-state index in [0.29, 0.717) is 24.8 Å². The molecule has 4 nitrogen and oxygen atoms in total. The Hall–Kier alpha value is -0.740. The lowest BCUT2D eigenvalue weighted by Crippen LogP contribution is -2.60. The molecule has 3 atom stereocenters. The lowest BCUT2D eigenvalue weighted by atomic mass is 9.95. The van der Waals surface area contributed by atoms with E-state index in [9.17, 15) is 9.59 Å². The van der Waals surface area contributed by atoms with Crippen LogP contribution in [0.4, 0.5) is 0 Å². The lowest BCUT2D eigenvalue weighted by Gasteiger charge is -2.33. The van der Waals surface area contributed by atoms with Crippen molar-refractivity contribution in [3.8, 4) is 0 Å². The van der Waals surface area contributed by atoms with Gasteiger partial charge in [0.2, 0.25) is 5.78 Å². The standard InChI is InChI=1S/C10H18N2O2/c1-3-7(2)8-4-11-5-9(12-8)10(14)6-13/h6-9,11-12H,3-5H2,1-2H3. The Morgan fingerprint density at radius 2 is 2.29 bits per heavy atom. The summed E-state index contributed by atoms with van der Waals surface area (Å²) in [5, 5.41) is 6.38. The van der Waals surface area contributed by atoms with Crippen LogP contribution in [0, 0.1) is 5.92 Å². The summed E-state index contributed by atoms with van der Waals surface area (Å²) in [4.78, 5) is 21.5. The van der Waals surface area contributed by atoms with Crippen molar-refractivity contribution in [2.75, 3.05) is 13.1 Å². The molecular formula is C10H18N2O2. The second kappa shape index (κ2) is 5.22. The molecule has 80 valence electrons. The smallest absolute Gasteiger partial charge is 0.213 e. The first-order valence-electron chi connectivity index (χ1n) is 5.14. The highest BCUT2D eigenvalue weighted by atomic mass is 16.2. The predicted molar refractivity (Wildman–Crippen MR) is 54.1 cm³/mol. The predicted octanol–water partition coefficient (Wildman–Crippen LogP) is -0.269. The maximum absolute atomic E-state index is 11.2. The van der Waals surface area contributed by atoms with Gasteiger partial charge in [-0.3, -0.25) is 9.59 Å². The van der Waals surface area contributed by atoms with E-state index in [1.807, 2.05) is 0 Å². The number of carbonyl (C=O) groups is 2. The second-order valence-corrected chi connectivity index (χ2v) is 3.89. The van der Waals surface area contributed by atoms with E-state index in [-0.39, 0.29) is 11.8 Å². The van der Waals surface area contributed by atoms with E-state index >= 15 is 0 Å². The van der Waals surface area contributed by atoms with Crippen molar-refractivity contribution in [1.82, 2.24) is 10.6 Å². The van der Waals surface area contributed by atoms with Crippen LogP contribution in [0.25, 0.3) is 0 Å². The van der Waals surface area contributed by atoms with E-state index in [2.05, 4.69) is 24.5 Å². The van der Waals surface area contributed by atoms with Crippen molar-refractivity contribution < 1.29 is 9.59 Å². The van der Waals surface area contributed by atoms with Gasteiger partial charge >= 0.3 is 0 Å². The van der Waals surface area contributed by atoms with Crippen LogP contribution in [0.15, 0.2) is 0 Å². The first kappa shape index (κ1) is 11.3. The molecule has 0 aromatic rings. The van der Waals surface area contributed by atoms with Gasteiger partial charge in [0.05, 0.1) is 6.04 Å². The summed E-state index contributed by atoms with van der Waals surface area (Å²) >= 11 is 0. The van der Waals surface area contributed by atoms with Gasteiger partial charge in [-0.05, 0) is 5.92 Å². The number of hydrogen-bond donors (Lipinski definition) is 2. The van der Waals surface area contributed by atoms with Crippen molar-refractivity contribution >= 4 is 12.1 Å².